The Bertz CT molecular complexity index is 1300. The molecule has 2 saturated carbocycles. The summed E-state index contributed by atoms with van der Waals surface area (Å²) in [5, 5.41) is 11.5. The predicted molar refractivity (Wildman–Crippen MR) is 144 cm³/mol. The highest BCUT2D eigenvalue weighted by Crippen LogP contribution is 2.62. The summed E-state index contributed by atoms with van der Waals surface area (Å²) in [5.74, 6) is -1.72. The first-order chi connectivity index (χ1) is 18.4. The molecular weight excluding hydrogens is 500 g/mol. The van der Waals surface area contributed by atoms with E-state index in [4.69, 9.17) is 14.2 Å². The molecule has 5 atom stereocenters. The average molecular weight is 539 g/mol. The lowest BCUT2D eigenvalue weighted by Gasteiger charge is -2.58. The predicted octanol–water partition coefficient (Wildman–Crippen LogP) is 5.72. The number of aliphatic carboxylic acids is 1. The molecule has 0 radical (unpaired) electrons. The van der Waals surface area contributed by atoms with Crippen molar-refractivity contribution in [3.8, 4) is 11.5 Å². The van der Waals surface area contributed by atoms with Crippen LogP contribution in [-0.4, -0.2) is 36.1 Å². The number of methoxy groups -OCH3 is 1. The first kappa shape index (κ1) is 28.6. The molecule has 0 heterocycles. The standard InChI is InChI=1S/C31H38O8/c1-18(32)38-25-12-13-26(39-19(2)33)23-17-20(7-9-21(23)25)8-11-24-22(28(34)35)10-14-27-30(24,3)15-6-16-31(27,4)29(36)37-5/h7,9,12-13,17,22,24,27H,6,8,10-11,14-16H2,1-5H3,(H,34,35)/t22-,24-,27+,30+,31-/m0/s1. The van der Waals surface area contributed by atoms with Gasteiger partial charge in [-0.1, -0.05) is 25.5 Å². The third-order valence-corrected chi connectivity index (χ3v) is 9.30. The molecule has 2 aliphatic rings. The third kappa shape index (κ3) is 5.38. The Kier molecular flexibility index (Phi) is 8.05. The summed E-state index contributed by atoms with van der Waals surface area (Å²) in [5.41, 5.74) is 0.0146. The van der Waals surface area contributed by atoms with E-state index in [0.717, 1.165) is 24.8 Å². The maximum absolute atomic E-state index is 12.9. The average Bonchev–Trinajstić information content (AvgIpc) is 2.87. The number of rotatable bonds is 7. The van der Waals surface area contributed by atoms with Crippen LogP contribution in [0.25, 0.3) is 10.8 Å². The second kappa shape index (κ2) is 11.0. The molecule has 0 spiro atoms. The van der Waals surface area contributed by atoms with Gasteiger partial charge in [0.1, 0.15) is 11.5 Å². The van der Waals surface area contributed by atoms with Gasteiger partial charge in [-0.2, -0.15) is 0 Å². The zero-order valence-electron chi connectivity index (χ0n) is 23.4. The monoisotopic (exact) mass is 538 g/mol. The summed E-state index contributed by atoms with van der Waals surface area (Å²) >= 11 is 0. The molecule has 0 amide bonds. The van der Waals surface area contributed by atoms with Crippen molar-refractivity contribution in [3.63, 3.8) is 0 Å². The minimum absolute atomic E-state index is 0.0465. The van der Waals surface area contributed by atoms with E-state index >= 15 is 0 Å². The van der Waals surface area contributed by atoms with Crippen molar-refractivity contribution in [2.45, 2.75) is 72.6 Å². The molecule has 39 heavy (non-hydrogen) atoms. The van der Waals surface area contributed by atoms with Crippen LogP contribution in [0.4, 0.5) is 0 Å². The highest BCUT2D eigenvalue weighted by atomic mass is 16.5. The van der Waals surface area contributed by atoms with Crippen LogP contribution in [0.5, 0.6) is 11.5 Å². The van der Waals surface area contributed by atoms with Gasteiger partial charge < -0.3 is 19.3 Å². The Hall–Kier alpha value is -3.42. The van der Waals surface area contributed by atoms with Crippen LogP contribution in [0, 0.1) is 28.6 Å². The van der Waals surface area contributed by atoms with Crippen molar-refractivity contribution in [2.24, 2.45) is 28.6 Å². The second-order valence-electron chi connectivity index (χ2n) is 11.6. The van der Waals surface area contributed by atoms with Crippen molar-refractivity contribution < 1.29 is 38.5 Å². The van der Waals surface area contributed by atoms with E-state index in [1.165, 1.54) is 21.0 Å². The SMILES string of the molecule is COC(=O)[C@@]1(C)CCC[C@@]2(C)[C@H]1CC[C@H](C(=O)O)[C@@H]2CCc1ccc2c(OC(C)=O)ccc(OC(C)=O)c2c1. The van der Waals surface area contributed by atoms with Gasteiger partial charge in [-0.05, 0) is 86.5 Å². The van der Waals surface area contributed by atoms with Gasteiger partial charge in [-0.25, -0.2) is 0 Å². The van der Waals surface area contributed by atoms with E-state index in [1.807, 2.05) is 25.1 Å². The number of aryl methyl sites for hydroxylation is 1. The summed E-state index contributed by atoms with van der Waals surface area (Å²) in [6.45, 7) is 6.81. The van der Waals surface area contributed by atoms with E-state index in [-0.39, 0.29) is 23.2 Å². The van der Waals surface area contributed by atoms with Crippen LogP contribution in [-0.2, 0) is 30.3 Å². The quantitative estimate of drug-likeness (QED) is 0.351. The fourth-order valence-electron chi connectivity index (χ4n) is 7.62. The molecule has 2 fully saturated rings. The maximum Gasteiger partial charge on any atom is 0.311 e. The molecular formula is C31H38O8. The number of carbonyl (C=O) groups excluding carboxylic acids is 3. The van der Waals surface area contributed by atoms with Crippen LogP contribution < -0.4 is 9.47 Å². The number of hydrogen-bond acceptors (Lipinski definition) is 7. The minimum atomic E-state index is -0.785. The summed E-state index contributed by atoms with van der Waals surface area (Å²) in [7, 11) is 1.43. The lowest BCUT2D eigenvalue weighted by molar-refractivity contribution is -0.177. The van der Waals surface area contributed by atoms with Gasteiger partial charge in [0, 0.05) is 24.6 Å². The number of esters is 3. The Labute approximate surface area is 229 Å². The van der Waals surface area contributed by atoms with E-state index < -0.39 is 29.2 Å². The van der Waals surface area contributed by atoms with E-state index in [1.54, 1.807) is 12.1 Å². The van der Waals surface area contributed by atoms with Gasteiger partial charge in [0.05, 0.1) is 18.4 Å². The Morgan fingerprint density at radius 3 is 2.15 bits per heavy atom. The van der Waals surface area contributed by atoms with Gasteiger partial charge in [0.2, 0.25) is 0 Å². The van der Waals surface area contributed by atoms with Gasteiger partial charge >= 0.3 is 23.9 Å². The van der Waals surface area contributed by atoms with E-state index in [0.29, 0.717) is 48.0 Å². The largest absolute Gasteiger partial charge is 0.481 e. The number of carboxylic acids is 1. The number of hydrogen-bond donors (Lipinski definition) is 1. The van der Waals surface area contributed by atoms with Crippen molar-refractivity contribution >= 4 is 34.6 Å². The fraction of sp³-hybridized carbons (Fsp3) is 0.548. The molecule has 4 rings (SSSR count). The molecule has 8 nitrogen and oxygen atoms in total. The molecule has 1 N–H and O–H groups in total. The highest BCUT2D eigenvalue weighted by Gasteiger charge is 2.59. The van der Waals surface area contributed by atoms with Crippen LogP contribution in [0.2, 0.25) is 0 Å². The minimum Gasteiger partial charge on any atom is -0.481 e. The maximum atomic E-state index is 12.9. The molecule has 2 aromatic carbocycles. The molecule has 0 saturated heterocycles. The van der Waals surface area contributed by atoms with Crippen LogP contribution in [0.3, 0.4) is 0 Å². The molecule has 0 bridgehead atoms. The molecule has 2 aliphatic carbocycles. The fourth-order valence-corrected chi connectivity index (χ4v) is 7.62. The van der Waals surface area contributed by atoms with Gasteiger partial charge in [0.15, 0.2) is 0 Å². The molecule has 210 valence electrons. The molecule has 8 heteroatoms. The Morgan fingerprint density at radius 2 is 1.56 bits per heavy atom. The lowest BCUT2D eigenvalue weighted by atomic mass is 9.45. The summed E-state index contributed by atoms with van der Waals surface area (Å²) in [6.07, 6.45) is 4.95. The number of benzene rings is 2. The van der Waals surface area contributed by atoms with Gasteiger partial charge in [-0.15, -0.1) is 0 Å². The van der Waals surface area contributed by atoms with E-state index in [9.17, 15) is 24.3 Å². The normalized spacial score (nSPS) is 28.3. The van der Waals surface area contributed by atoms with Gasteiger partial charge in [0.25, 0.3) is 0 Å². The van der Waals surface area contributed by atoms with Crippen LogP contribution >= 0.6 is 0 Å². The van der Waals surface area contributed by atoms with Crippen molar-refractivity contribution in [1.29, 1.82) is 0 Å². The second-order valence-corrected chi connectivity index (χ2v) is 11.6. The summed E-state index contributed by atoms with van der Waals surface area (Å²) < 4.78 is 16.0. The Morgan fingerprint density at radius 1 is 0.923 bits per heavy atom. The van der Waals surface area contributed by atoms with E-state index in [2.05, 4.69) is 6.92 Å². The van der Waals surface area contributed by atoms with Crippen molar-refractivity contribution in [2.75, 3.05) is 7.11 Å². The lowest BCUT2D eigenvalue weighted by Crippen LogP contribution is -2.56. The van der Waals surface area contributed by atoms with Crippen molar-refractivity contribution in [1.82, 2.24) is 0 Å². The first-order valence-electron chi connectivity index (χ1n) is 13.6. The Balaban J connectivity index is 1.68. The first-order valence-corrected chi connectivity index (χ1v) is 13.6. The van der Waals surface area contributed by atoms with Gasteiger partial charge in [-0.3, -0.25) is 19.2 Å². The summed E-state index contributed by atoms with van der Waals surface area (Å²) in [4.78, 5) is 48.7. The molecule has 0 aromatic heterocycles. The molecule has 0 aliphatic heterocycles. The van der Waals surface area contributed by atoms with Crippen LogP contribution in [0.1, 0.15) is 71.8 Å². The number of ether oxygens (including phenoxy) is 3. The molecule has 0 unspecified atom stereocenters. The smallest absolute Gasteiger partial charge is 0.311 e. The molecule has 2 aromatic rings. The zero-order valence-corrected chi connectivity index (χ0v) is 23.4. The third-order valence-electron chi connectivity index (χ3n) is 9.30. The zero-order chi connectivity index (χ0) is 28.5. The van der Waals surface area contributed by atoms with Crippen molar-refractivity contribution in [3.05, 3.63) is 35.9 Å². The van der Waals surface area contributed by atoms with Crippen LogP contribution in [0.15, 0.2) is 30.3 Å². The number of fused-ring (bicyclic) bond motifs is 2. The number of carbonyl (C=O) groups is 4. The number of carboxylic acid groups (broad SMARTS) is 1. The topological polar surface area (TPSA) is 116 Å². The summed E-state index contributed by atoms with van der Waals surface area (Å²) in [6, 6.07) is 8.90. The highest BCUT2D eigenvalue weighted by molar-refractivity contribution is 5.96.